The number of hydrogen-bond donors (Lipinski definition) is 6. The minimum Gasteiger partial charge on any atom is -0.480 e. The molecule has 0 fully saturated rings. The first kappa shape index (κ1) is 21.0. The summed E-state index contributed by atoms with van der Waals surface area (Å²) in [6.45, 7) is 1.87. The van der Waals surface area contributed by atoms with Crippen molar-refractivity contribution in [2.45, 2.75) is 38.3 Å². The van der Waals surface area contributed by atoms with Gasteiger partial charge in [-0.15, -0.1) is 0 Å². The van der Waals surface area contributed by atoms with Gasteiger partial charge in [0.15, 0.2) is 0 Å². The van der Waals surface area contributed by atoms with E-state index in [-0.39, 0.29) is 11.7 Å². The molecular formula is C11H23N3O5S. The monoisotopic (exact) mass is 309 g/mol. The quantitative estimate of drug-likeness (QED) is 0.249. The summed E-state index contributed by atoms with van der Waals surface area (Å²) in [5.41, 5.74) is 10.4. The number of carbonyl (C=O) groups excluding carboxylic acids is 1. The fraction of sp³-hybridized carbons (Fsp3) is 0.727. The Morgan fingerprint density at radius 2 is 1.75 bits per heavy atom. The predicted molar refractivity (Wildman–Crippen MR) is 77.6 cm³/mol. The first-order chi connectivity index (χ1) is 9.26. The maximum Gasteiger partial charge on any atom is 0.327 e. The summed E-state index contributed by atoms with van der Waals surface area (Å²) < 4.78 is 0. The minimum atomic E-state index is -1.06. The van der Waals surface area contributed by atoms with Crippen LogP contribution in [0.1, 0.15) is 26.2 Å². The predicted octanol–water partition coefficient (Wildman–Crippen LogP) is -0.967. The van der Waals surface area contributed by atoms with Crippen LogP contribution in [0.15, 0.2) is 0 Å². The van der Waals surface area contributed by atoms with Gasteiger partial charge in [-0.2, -0.15) is 12.6 Å². The van der Waals surface area contributed by atoms with Crippen molar-refractivity contribution in [1.29, 1.82) is 0 Å². The second-order valence-electron chi connectivity index (χ2n) is 4.00. The number of rotatable bonds is 8. The number of thiol groups is 1. The van der Waals surface area contributed by atoms with Gasteiger partial charge in [0.05, 0.1) is 0 Å². The molecule has 0 saturated carbocycles. The summed E-state index contributed by atoms with van der Waals surface area (Å²) in [7, 11) is 0. The molecular weight excluding hydrogens is 286 g/mol. The molecule has 0 aliphatic rings. The molecule has 7 N–H and O–H groups in total. The molecule has 20 heavy (non-hydrogen) atoms. The molecule has 0 spiro atoms. The number of carbonyl (C=O) groups is 3. The van der Waals surface area contributed by atoms with Gasteiger partial charge in [0, 0.05) is 12.7 Å². The molecule has 0 unspecified atom stereocenters. The fourth-order valence-corrected chi connectivity index (χ4v) is 1.31. The Morgan fingerprint density at radius 1 is 1.20 bits per heavy atom. The molecule has 0 aliphatic carbocycles. The van der Waals surface area contributed by atoms with Crippen molar-refractivity contribution in [3.05, 3.63) is 0 Å². The highest BCUT2D eigenvalue weighted by atomic mass is 32.1. The average molecular weight is 309 g/mol. The van der Waals surface area contributed by atoms with Crippen molar-refractivity contribution in [3.63, 3.8) is 0 Å². The maximum atomic E-state index is 10.3. The van der Waals surface area contributed by atoms with Crippen LogP contribution in [-0.2, 0) is 14.4 Å². The number of aliphatic carboxylic acids is 2. The number of carboxylic acids is 2. The van der Waals surface area contributed by atoms with Crippen LogP contribution in [0.25, 0.3) is 0 Å². The average Bonchev–Trinajstić information content (AvgIpc) is 2.36. The van der Waals surface area contributed by atoms with Crippen molar-refractivity contribution in [2.24, 2.45) is 11.5 Å². The fourth-order valence-electron chi connectivity index (χ4n) is 1.06. The van der Waals surface area contributed by atoms with Crippen molar-refractivity contribution in [3.8, 4) is 0 Å². The number of nitrogens with two attached hydrogens (primary N) is 2. The van der Waals surface area contributed by atoms with Crippen LogP contribution in [0.2, 0.25) is 0 Å². The highest BCUT2D eigenvalue weighted by Gasteiger charge is 2.15. The second-order valence-corrected chi connectivity index (χ2v) is 4.37. The van der Waals surface area contributed by atoms with E-state index in [0.717, 1.165) is 12.8 Å². The van der Waals surface area contributed by atoms with Gasteiger partial charge >= 0.3 is 11.9 Å². The van der Waals surface area contributed by atoms with E-state index in [1.54, 1.807) is 0 Å². The zero-order valence-electron chi connectivity index (χ0n) is 11.4. The Labute approximate surface area is 123 Å². The van der Waals surface area contributed by atoms with Crippen molar-refractivity contribution < 1.29 is 24.6 Å². The van der Waals surface area contributed by atoms with Gasteiger partial charge in [-0.3, -0.25) is 9.59 Å². The molecule has 0 aromatic heterocycles. The zero-order valence-corrected chi connectivity index (χ0v) is 12.3. The van der Waals surface area contributed by atoms with Gasteiger partial charge in [-0.25, -0.2) is 4.79 Å². The summed E-state index contributed by atoms with van der Waals surface area (Å²) in [5.74, 6) is -2.25. The second kappa shape index (κ2) is 12.7. The van der Waals surface area contributed by atoms with E-state index in [2.05, 4.69) is 17.9 Å². The first-order valence-electron chi connectivity index (χ1n) is 6.05. The van der Waals surface area contributed by atoms with Crippen LogP contribution in [0, 0.1) is 0 Å². The van der Waals surface area contributed by atoms with Gasteiger partial charge in [-0.1, -0.05) is 6.42 Å². The molecule has 9 heteroatoms. The third-order valence-corrected chi connectivity index (χ3v) is 2.51. The summed E-state index contributed by atoms with van der Waals surface area (Å²) in [4.78, 5) is 30.6. The lowest BCUT2D eigenvalue weighted by atomic mass is 10.1. The summed E-state index contributed by atoms with van der Waals surface area (Å²) in [6, 6.07) is -1.59. The summed E-state index contributed by atoms with van der Waals surface area (Å²) in [6.07, 6.45) is 2.16. The third kappa shape index (κ3) is 13.1. The highest BCUT2D eigenvalue weighted by Crippen LogP contribution is 1.96. The standard InChI is InChI=1S/C6H14N2O2.C5H9NO3S/c7-4-2-1-3-5(8)6(9)10;1-3(7)6-4(2-10)5(8)9/h5H,1-4,7-8H2,(H,9,10);4,10H,2H2,1H3,(H,6,7)(H,8,9)/t5-;4-/m01/s1. The number of unbranched alkanes of at least 4 members (excludes halogenated alkanes) is 1. The van der Waals surface area contributed by atoms with Crippen molar-refractivity contribution in [2.75, 3.05) is 12.3 Å². The Kier molecular flexibility index (Phi) is 13.3. The molecule has 0 aromatic rings. The number of nitrogens with one attached hydrogen (secondary N) is 1. The molecule has 0 bridgehead atoms. The zero-order chi connectivity index (χ0) is 16.1. The molecule has 0 rings (SSSR count). The van der Waals surface area contributed by atoms with Gasteiger partial charge in [-0.05, 0) is 19.4 Å². The topological polar surface area (TPSA) is 156 Å². The SMILES string of the molecule is CC(=O)N[C@H](CS)C(=O)O.NCCCC[C@H](N)C(=O)O. The minimum absolute atomic E-state index is 0.106. The van der Waals surface area contributed by atoms with Crippen LogP contribution in [-0.4, -0.2) is 52.4 Å². The van der Waals surface area contributed by atoms with Gasteiger partial charge < -0.3 is 27.0 Å². The lowest BCUT2D eigenvalue weighted by Gasteiger charge is -2.08. The van der Waals surface area contributed by atoms with Crippen molar-refractivity contribution in [1.82, 2.24) is 5.32 Å². The molecule has 1 amide bonds. The number of amides is 1. The smallest absolute Gasteiger partial charge is 0.327 e. The van der Waals surface area contributed by atoms with E-state index < -0.39 is 24.0 Å². The summed E-state index contributed by atoms with van der Waals surface area (Å²) >= 11 is 3.73. The Bertz CT molecular complexity index is 314. The van der Waals surface area contributed by atoms with Crippen LogP contribution in [0.4, 0.5) is 0 Å². The molecule has 118 valence electrons. The molecule has 8 nitrogen and oxygen atoms in total. The van der Waals surface area contributed by atoms with Crippen LogP contribution in [0.5, 0.6) is 0 Å². The van der Waals surface area contributed by atoms with Gasteiger partial charge in [0.1, 0.15) is 12.1 Å². The molecule has 0 aliphatic heterocycles. The van der Waals surface area contributed by atoms with Crippen LogP contribution < -0.4 is 16.8 Å². The van der Waals surface area contributed by atoms with Gasteiger partial charge in [0.25, 0.3) is 0 Å². The van der Waals surface area contributed by atoms with Crippen molar-refractivity contribution >= 4 is 30.5 Å². The van der Waals surface area contributed by atoms with E-state index in [1.165, 1.54) is 6.92 Å². The molecule has 0 saturated heterocycles. The van der Waals surface area contributed by atoms with Crippen LogP contribution in [0.3, 0.4) is 0 Å². The van der Waals surface area contributed by atoms with Gasteiger partial charge in [0.2, 0.25) is 5.91 Å². The van der Waals surface area contributed by atoms with E-state index in [1.807, 2.05) is 0 Å². The van der Waals surface area contributed by atoms with E-state index >= 15 is 0 Å². The molecule has 2 atom stereocenters. The number of hydrogen-bond acceptors (Lipinski definition) is 6. The largest absolute Gasteiger partial charge is 0.480 e. The Morgan fingerprint density at radius 3 is 2.00 bits per heavy atom. The third-order valence-electron chi connectivity index (χ3n) is 2.14. The van der Waals surface area contributed by atoms with E-state index in [4.69, 9.17) is 21.7 Å². The maximum absolute atomic E-state index is 10.3. The highest BCUT2D eigenvalue weighted by molar-refractivity contribution is 7.80. The summed E-state index contributed by atoms with van der Waals surface area (Å²) in [5, 5.41) is 18.9. The van der Waals surface area contributed by atoms with E-state index in [9.17, 15) is 14.4 Å². The first-order valence-corrected chi connectivity index (χ1v) is 6.68. The molecule has 0 heterocycles. The molecule has 0 aromatic carbocycles. The van der Waals surface area contributed by atoms with E-state index in [0.29, 0.717) is 13.0 Å². The van der Waals surface area contributed by atoms with Crippen LogP contribution >= 0.6 is 12.6 Å². The number of carboxylic acid groups (broad SMARTS) is 2. The Balaban J connectivity index is 0. The molecule has 0 radical (unpaired) electrons. The Hall–Kier alpha value is -1.32. The normalized spacial score (nSPS) is 12.6. The lowest BCUT2D eigenvalue weighted by molar-refractivity contribution is -0.141. The lowest BCUT2D eigenvalue weighted by Crippen LogP contribution is -2.40.